The van der Waals surface area contributed by atoms with Crippen molar-refractivity contribution in [2.24, 2.45) is 0 Å². The Morgan fingerprint density at radius 2 is 1.64 bits per heavy atom. The van der Waals surface area contributed by atoms with E-state index >= 15 is 0 Å². The van der Waals surface area contributed by atoms with Crippen LogP contribution in [0.5, 0.6) is 5.75 Å². The van der Waals surface area contributed by atoms with Crippen molar-refractivity contribution in [2.45, 2.75) is 25.7 Å². The first-order valence-electron chi connectivity index (χ1n) is 12.2. The van der Waals surface area contributed by atoms with Crippen molar-refractivity contribution in [3.05, 3.63) is 76.9 Å². The van der Waals surface area contributed by atoms with E-state index in [0.717, 1.165) is 61.3 Å². The van der Waals surface area contributed by atoms with Crippen molar-refractivity contribution in [1.29, 1.82) is 0 Å². The first-order valence-corrected chi connectivity index (χ1v) is 12.6. The lowest BCUT2D eigenvalue weighted by Gasteiger charge is -2.27. The van der Waals surface area contributed by atoms with E-state index in [0.29, 0.717) is 18.7 Å². The number of carboxylic acid groups (broad SMARTS) is 3. The number of benzene rings is 2. The zero-order chi connectivity index (χ0) is 28.6. The summed E-state index contributed by atoms with van der Waals surface area (Å²) in [6.45, 7) is 2.49. The summed E-state index contributed by atoms with van der Waals surface area (Å²) in [5, 5.41) is 28.2. The molecule has 206 valence electrons. The number of anilines is 2. The molecule has 0 saturated heterocycles. The Kier molecular flexibility index (Phi) is 13.1. The zero-order valence-corrected chi connectivity index (χ0v) is 22.1. The van der Waals surface area contributed by atoms with Gasteiger partial charge in [-0.2, -0.15) is 0 Å². The van der Waals surface area contributed by atoms with E-state index in [1.54, 1.807) is 6.08 Å². The number of fused-ring (bicyclic) bond motifs is 2. The van der Waals surface area contributed by atoms with E-state index in [-0.39, 0.29) is 6.61 Å². The molecule has 0 unspecified atom stereocenters. The second-order valence-electron chi connectivity index (χ2n) is 8.37. The van der Waals surface area contributed by atoms with Gasteiger partial charge < -0.3 is 30.3 Å². The van der Waals surface area contributed by atoms with Crippen LogP contribution in [0.3, 0.4) is 0 Å². The van der Waals surface area contributed by atoms with Crippen molar-refractivity contribution in [1.82, 2.24) is 5.32 Å². The summed E-state index contributed by atoms with van der Waals surface area (Å²) in [6, 6.07) is 12.3. The van der Waals surface area contributed by atoms with E-state index in [1.807, 2.05) is 18.2 Å². The molecule has 1 heterocycles. The minimum atomic E-state index is -1.26. The predicted octanol–water partition coefficient (Wildman–Crippen LogP) is 4.31. The SMILES string of the molecule is C#CCOc1ccc2c(c1)CCc1ccc(Cl)cc1N2CCCCNC/C=C/C(=O)O.O=C(O)/C=C\C(=O)O. The van der Waals surface area contributed by atoms with Gasteiger partial charge in [-0.25, -0.2) is 14.4 Å². The van der Waals surface area contributed by atoms with Crippen molar-refractivity contribution < 1.29 is 34.4 Å². The highest BCUT2D eigenvalue weighted by molar-refractivity contribution is 6.30. The minimum absolute atomic E-state index is 0.257. The van der Waals surface area contributed by atoms with Gasteiger partial charge in [-0.1, -0.05) is 29.7 Å². The Morgan fingerprint density at radius 1 is 0.949 bits per heavy atom. The van der Waals surface area contributed by atoms with E-state index in [1.165, 1.54) is 16.8 Å². The second kappa shape index (κ2) is 16.6. The molecule has 0 fully saturated rings. The fraction of sp³-hybridized carbons (Fsp3) is 0.276. The van der Waals surface area contributed by atoms with Crippen LogP contribution in [0.15, 0.2) is 60.7 Å². The third-order valence-electron chi connectivity index (χ3n) is 5.54. The monoisotopic (exact) mass is 554 g/mol. The van der Waals surface area contributed by atoms with Crippen LogP contribution in [0.2, 0.25) is 5.02 Å². The molecule has 0 amide bonds. The largest absolute Gasteiger partial charge is 0.481 e. The molecule has 0 atom stereocenters. The van der Waals surface area contributed by atoms with Crippen LogP contribution in [0.4, 0.5) is 11.4 Å². The maximum atomic E-state index is 10.5. The predicted molar refractivity (Wildman–Crippen MR) is 150 cm³/mol. The molecule has 10 heteroatoms. The molecule has 0 aromatic heterocycles. The highest BCUT2D eigenvalue weighted by atomic mass is 35.5. The van der Waals surface area contributed by atoms with Gasteiger partial charge in [0, 0.05) is 47.7 Å². The summed E-state index contributed by atoms with van der Waals surface area (Å²) in [4.78, 5) is 31.9. The standard InChI is InChI=1S/C25H27ClN2O3.C4H4O4/c1-2-16-31-22-11-12-23-20(17-22)8-7-19-9-10-21(26)18-24(19)28(23)15-4-3-13-27-14-5-6-25(29)30;5-3(6)1-2-4(7)8/h1,5-6,9-12,17-18,27H,3-4,7-8,13-16H2,(H,29,30);1-2H,(H,5,6)(H,7,8)/b6-5+;2-1-. The minimum Gasteiger partial charge on any atom is -0.481 e. The van der Waals surface area contributed by atoms with Gasteiger partial charge in [0.05, 0.1) is 0 Å². The molecule has 0 spiro atoms. The molecular formula is C29H31ClN2O7. The van der Waals surface area contributed by atoms with Crippen LogP contribution >= 0.6 is 11.6 Å². The number of hydrogen-bond donors (Lipinski definition) is 4. The van der Waals surface area contributed by atoms with Crippen LogP contribution in [0.1, 0.15) is 24.0 Å². The van der Waals surface area contributed by atoms with Crippen molar-refractivity contribution >= 4 is 40.9 Å². The molecule has 3 rings (SSSR count). The van der Waals surface area contributed by atoms with Gasteiger partial charge in [0.1, 0.15) is 12.4 Å². The summed E-state index contributed by atoms with van der Waals surface area (Å²) >= 11 is 6.34. The number of terminal acetylenes is 1. The van der Waals surface area contributed by atoms with Crippen LogP contribution < -0.4 is 15.0 Å². The Hall–Kier alpha value is -4.26. The lowest BCUT2D eigenvalue weighted by molar-refractivity contribution is -0.134. The molecule has 4 N–H and O–H groups in total. The summed E-state index contributed by atoms with van der Waals surface area (Å²) in [6.07, 6.45) is 13.0. The summed E-state index contributed by atoms with van der Waals surface area (Å²) in [5.41, 5.74) is 4.84. The van der Waals surface area contributed by atoms with Crippen LogP contribution in [-0.4, -0.2) is 59.5 Å². The van der Waals surface area contributed by atoms with Gasteiger partial charge in [-0.15, -0.1) is 6.42 Å². The van der Waals surface area contributed by atoms with Crippen molar-refractivity contribution in [3.8, 4) is 18.1 Å². The second-order valence-corrected chi connectivity index (χ2v) is 8.81. The Bertz CT molecular complexity index is 1230. The Balaban J connectivity index is 0.000000580. The lowest BCUT2D eigenvalue weighted by atomic mass is 10.0. The number of carboxylic acids is 3. The Morgan fingerprint density at radius 3 is 2.31 bits per heavy atom. The number of halogens is 1. The first-order chi connectivity index (χ1) is 18.7. The molecule has 0 aliphatic carbocycles. The number of carbonyl (C=O) groups is 3. The van der Waals surface area contributed by atoms with Gasteiger partial charge in [-0.3, -0.25) is 0 Å². The average Bonchev–Trinajstić information content (AvgIpc) is 3.04. The number of aryl methyl sites for hydroxylation is 2. The molecule has 0 saturated carbocycles. The summed E-state index contributed by atoms with van der Waals surface area (Å²) in [7, 11) is 0. The molecule has 1 aliphatic rings. The number of nitrogens with zero attached hydrogens (tertiary/aromatic N) is 1. The fourth-order valence-electron chi connectivity index (χ4n) is 3.89. The number of hydrogen-bond acceptors (Lipinski definition) is 6. The van der Waals surface area contributed by atoms with E-state index in [4.69, 9.17) is 38.1 Å². The molecular weight excluding hydrogens is 524 g/mol. The molecule has 0 radical (unpaired) electrons. The zero-order valence-electron chi connectivity index (χ0n) is 21.3. The maximum Gasteiger partial charge on any atom is 0.328 e. The van der Waals surface area contributed by atoms with Crippen LogP contribution in [-0.2, 0) is 27.2 Å². The van der Waals surface area contributed by atoms with Gasteiger partial charge in [0.2, 0.25) is 0 Å². The molecule has 2 aromatic carbocycles. The third kappa shape index (κ3) is 11.3. The maximum absolute atomic E-state index is 10.5. The van der Waals surface area contributed by atoms with Gasteiger partial charge >= 0.3 is 17.9 Å². The molecule has 9 nitrogen and oxygen atoms in total. The normalized spacial score (nSPS) is 12.1. The van der Waals surface area contributed by atoms with Gasteiger partial charge in [0.25, 0.3) is 0 Å². The first kappa shape index (κ1) is 31.0. The quantitative estimate of drug-likeness (QED) is 0.172. The van der Waals surface area contributed by atoms with E-state index in [9.17, 15) is 14.4 Å². The van der Waals surface area contributed by atoms with Crippen LogP contribution in [0, 0.1) is 12.3 Å². The van der Waals surface area contributed by atoms with E-state index < -0.39 is 17.9 Å². The molecule has 2 aromatic rings. The Labute approximate surface area is 232 Å². The topological polar surface area (TPSA) is 136 Å². The summed E-state index contributed by atoms with van der Waals surface area (Å²) in [5.74, 6) is -0.138. The highest BCUT2D eigenvalue weighted by Gasteiger charge is 2.21. The fourth-order valence-corrected chi connectivity index (χ4v) is 4.05. The highest BCUT2D eigenvalue weighted by Crippen LogP contribution is 2.39. The smallest absolute Gasteiger partial charge is 0.328 e. The lowest BCUT2D eigenvalue weighted by Crippen LogP contribution is -2.22. The molecule has 0 bridgehead atoms. The summed E-state index contributed by atoms with van der Waals surface area (Å²) < 4.78 is 5.63. The number of ether oxygens (including phenoxy) is 1. The molecule has 39 heavy (non-hydrogen) atoms. The van der Waals surface area contributed by atoms with Crippen molar-refractivity contribution in [3.63, 3.8) is 0 Å². The number of rotatable bonds is 12. The van der Waals surface area contributed by atoms with Gasteiger partial charge in [0.15, 0.2) is 0 Å². The van der Waals surface area contributed by atoms with Crippen LogP contribution in [0.25, 0.3) is 0 Å². The molecule has 1 aliphatic heterocycles. The average molecular weight is 555 g/mol. The third-order valence-corrected chi connectivity index (χ3v) is 5.78. The van der Waals surface area contributed by atoms with Gasteiger partial charge in [-0.05, 0) is 73.7 Å². The number of nitrogens with one attached hydrogen (secondary N) is 1. The number of unbranched alkanes of at least 4 members (excludes halogenated alkanes) is 1. The number of aliphatic carboxylic acids is 3. The van der Waals surface area contributed by atoms with Crippen molar-refractivity contribution in [2.75, 3.05) is 31.1 Å². The van der Waals surface area contributed by atoms with E-state index in [2.05, 4.69) is 34.3 Å².